The van der Waals surface area contributed by atoms with Crippen molar-refractivity contribution in [2.45, 2.75) is 39.2 Å². The Bertz CT molecular complexity index is 515. The van der Waals surface area contributed by atoms with E-state index in [0.717, 1.165) is 12.8 Å². The van der Waals surface area contributed by atoms with Crippen molar-refractivity contribution in [2.24, 2.45) is 22.7 Å². The number of rotatable bonds is 3. The normalized spacial score (nSPS) is 26.4. The molecular weight excluding hydrogens is 266 g/mol. The number of hydrogen-bond donors (Lipinski definition) is 3. The zero-order chi connectivity index (χ0) is 15.4. The molecule has 1 aromatic carbocycles. The Morgan fingerprint density at radius 1 is 1.14 bits per heavy atom. The van der Waals surface area contributed by atoms with Gasteiger partial charge in [0.1, 0.15) is 0 Å². The lowest BCUT2D eigenvalue weighted by Crippen LogP contribution is -2.40. The molecule has 2 atom stereocenters. The molecular formula is C16H23N3O2. The zero-order valence-corrected chi connectivity index (χ0v) is 12.5. The largest absolute Gasteiger partial charge is 0.409 e. The van der Waals surface area contributed by atoms with E-state index in [4.69, 9.17) is 10.9 Å². The van der Waals surface area contributed by atoms with Crippen LogP contribution in [0.2, 0.25) is 0 Å². The first kappa shape index (κ1) is 15.4. The Labute approximate surface area is 125 Å². The molecule has 0 bridgehead atoms. The molecule has 5 heteroatoms. The molecule has 1 saturated carbocycles. The summed E-state index contributed by atoms with van der Waals surface area (Å²) >= 11 is 0. The first-order chi connectivity index (χ1) is 9.99. The second-order valence-electron chi connectivity index (χ2n) is 6.15. The second-order valence-corrected chi connectivity index (χ2v) is 6.15. The van der Waals surface area contributed by atoms with E-state index in [-0.39, 0.29) is 17.8 Å². The Hall–Kier alpha value is -2.04. The van der Waals surface area contributed by atoms with Gasteiger partial charge in [-0.3, -0.25) is 4.79 Å². The molecule has 1 amide bonds. The fraction of sp³-hybridized carbons (Fsp3) is 0.500. The SMILES string of the molecule is CC1CC(C)CC(NC(=O)c2ccc(C(N)=NO)cc2)C1. The number of nitrogens with one attached hydrogen (secondary N) is 1. The summed E-state index contributed by atoms with van der Waals surface area (Å²) in [7, 11) is 0. The number of benzene rings is 1. The van der Waals surface area contributed by atoms with Crippen LogP contribution in [0.15, 0.2) is 29.4 Å². The summed E-state index contributed by atoms with van der Waals surface area (Å²) < 4.78 is 0. The minimum absolute atomic E-state index is 0.0388. The molecule has 0 radical (unpaired) electrons. The lowest BCUT2D eigenvalue weighted by Gasteiger charge is -2.32. The van der Waals surface area contributed by atoms with Gasteiger partial charge in [-0.25, -0.2) is 0 Å². The van der Waals surface area contributed by atoms with Crippen molar-refractivity contribution in [1.29, 1.82) is 0 Å². The molecule has 5 nitrogen and oxygen atoms in total. The Kier molecular flexibility index (Phi) is 4.83. The molecule has 0 spiro atoms. The van der Waals surface area contributed by atoms with Crippen molar-refractivity contribution in [2.75, 3.05) is 0 Å². The standard InChI is InChI=1S/C16H23N3O2/c1-10-7-11(2)9-14(8-10)18-16(20)13-5-3-12(4-6-13)15(17)19-21/h3-6,10-11,14,21H,7-9H2,1-2H3,(H2,17,19)(H,18,20). The highest BCUT2D eigenvalue weighted by Gasteiger charge is 2.25. The number of carbonyl (C=O) groups excluding carboxylic acids is 1. The van der Waals surface area contributed by atoms with Crippen LogP contribution in [-0.2, 0) is 0 Å². The fourth-order valence-corrected chi connectivity index (χ4v) is 3.18. The average Bonchev–Trinajstić information content (AvgIpc) is 2.45. The predicted molar refractivity (Wildman–Crippen MR) is 82.4 cm³/mol. The maximum absolute atomic E-state index is 12.3. The molecule has 1 fully saturated rings. The Morgan fingerprint density at radius 3 is 2.19 bits per heavy atom. The van der Waals surface area contributed by atoms with Gasteiger partial charge in [-0.1, -0.05) is 31.1 Å². The van der Waals surface area contributed by atoms with Crippen LogP contribution in [0, 0.1) is 11.8 Å². The number of nitrogens with zero attached hydrogens (tertiary/aromatic N) is 1. The third-order valence-electron chi connectivity index (χ3n) is 4.06. The van der Waals surface area contributed by atoms with Crippen LogP contribution in [-0.4, -0.2) is 23.0 Å². The maximum Gasteiger partial charge on any atom is 0.251 e. The van der Waals surface area contributed by atoms with Gasteiger partial charge in [0.25, 0.3) is 5.91 Å². The van der Waals surface area contributed by atoms with Crippen LogP contribution in [0.5, 0.6) is 0 Å². The number of carbonyl (C=O) groups is 1. The number of oxime groups is 1. The van der Waals surface area contributed by atoms with Crippen LogP contribution in [0.25, 0.3) is 0 Å². The van der Waals surface area contributed by atoms with E-state index in [2.05, 4.69) is 24.3 Å². The first-order valence-corrected chi connectivity index (χ1v) is 7.38. The molecule has 114 valence electrons. The minimum atomic E-state index is -0.0626. The minimum Gasteiger partial charge on any atom is -0.409 e. The van der Waals surface area contributed by atoms with Gasteiger partial charge >= 0.3 is 0 Å². The molecule has 0 heterocycles. The molecule has 0 saturated heterocycles. The quantitative estimate of drug-likeness (QED) is 0.345. The van der Waals surface area contributed by atoms with E-state index in [1.165, 1.54) is 6.42 Å². The third-order valence-corrected chi connectivity index (χ3v) is 4.06. The summed E-state index contributed by atoms with van der Waals surface area (Å²) in [6.07, 6.45) is 3.32. The fourth-order valence-electron chi connectivity index (χ4n) is 3.18. The van der Waals surface area contributed by atoms with Gasteiger partial charge in [0.05, 0.1) is 0 Å². The summed E-state index contributed by atoms with van der Waals surface area (Å²) in [5.74, 6) is 1.29. The van der Waals surface area contributed by atoms with E-state index in [1.54, 1.807) is 24.3 Å². The van der Waals surface area contributed by atoms with E-state index in [9.17, 15) is 4.79 Å². The van der Waals surface area contributed by atoms with Crippen molar-refractivity contribution in [3.63, 3.8) is 0 Å². The van der Waals surface area contributed by atoms with Crippen LogP contribution in [0.1, 0.15) is 49.0 Å². The van der Waals surface area contributed by atoms with Crippen LogP contribution in [0.3, 0.4) is 0 Å². The van der Waals surface area contributed by atoms with Crippen molar-refractivity contribution in [1.82, 2.24) is 5.32 Å². The second kappa shape index (κ2) is 6.61. The van der Waals surface area contributed by atoms with Crippen molar-refractivity contribution in [3.8, 4) is 0 Å². The van der Waals surface area contributed by atoms with Crippen LogP contribution < -0.4 is 11.1 Å². The molecule has 1 aliphatic carbocycles. The summed E-state index contributed by atoms with van der Waals surface area (Å²) in [6, 6.07) is 6.99. The highest BCUT2D eigenvalue weighted by molar-refractivity contribution is 5.99. The third kappa shape index (κ3) is 3.97. The molecule has 2 unspecified atom stereocenters. The molecule has 0 aliphatic heterocycles. The lowest BCUT2D eigenvalue weighted by atomic mass is 9.80. The summed E-state index contributed by atoms with van der Waals surface area (Å²) in [4.78, 5) is 12.3. The molecule has 2 rings (SSSR count). The van der Waals surface area contributed by atoms with Crippen molar-refractivity contribution < 1.29 is 10.0 Å². The predicted octanol–water partition coefficient (Wildman–Crippen LogP) is 2.34. The van der Waals surface area contributed by atoms with Gasteiger partial charge in [-0.2, -0.15) is 0 Å². The lowest BCUT2D eigenvalue weighted by molar-refractivity contribution is 0.0911. The topological polar surface area (TPSA) is 87.7 Å². The molecule has 1 aromatic rings. The highest BCUT2D eigenvalue weighted by Crippen LogP contribution is 2.28. The highest BCUT2D eigenvalue weighted by atomic mass is 16.4. The van der Waals surface area contributed by atoms with E-state index in [0.29, 0.717) is 23.0 Å². The smallest absolute Gasteiger partial charge is 0.251 e. The number of amidine groups is 1. The average molecular weight is 289 g/mol. The van der Waals surface area contributed by atoms with Gasteiger partial charge in [-0.05, 0) is 43.2 Å². The zero-order valence-electron chi connectivity index (χ0n) is 12.5. The number of amides is 1. The Morgan fingerprint density at radius 2 is 1.67 bits per heavy atom. The van der Waals surface area contributed by atoms with Crippen LogP contribution in [0.4, 0.5) is 0 Å². The monoisotopic (exact) mass is 289 g/mol. The van der Waals surface area contributed by atoms with Gasteiger partial charge < -0.3 is 16.3 Å². The molecule has 21 heavy (non-hydrogen) atoms. The van der Waals surface area contributed by atoms with E-state index >= 15 is 0 Å². The van der Waals surface area contributed by atoms with Gasteiger partial charge in [0, 0.05) is 17.2 Å². The van der Waals surface area contributed by atoms with E-state index in [1.807, 2.05) is 0 Å². The van der Waals surface area contributed by atoms with Crippen molar-refractivity contribution in [3.05, 3.63) is 35.4 Å². The summed E-state index contributed by atoms with van der Waals surface area (Å²) in [5, 5.41) is 14.7. The summed E-state index contributed by atoms with van der Waals surface area (Å²) in [5.41, 5.74) is 6.68. The number of nitrogens with two attached hydrogens (primary N) is 1. The first-order valence-electron chi connectivity index (χ1n) is 7.38. The van der Waals surface area contributed by atoms with Gasteiger partial charge in [0.15, 0.2) is 5.84 Å². The summed E-state index contributed by atoms with van der Waals surface area (Å²) in [6.45, 7) is 4.47. The maximum atomic E-state index is 12.3. The molecule has 4 N–H and O–H groups in total. The van der Waals surface area contributed by atoms with E-state index < -0.39 is 0 Å². The van der Waals surface area contributed by atoms with Crippen molar-refractivity contribution >= 4 is 11.7 Å². The van der Waals surface area contributed by atoms with Gasteiger partial charge in [-0.15, -0.1) is 0 Å². The van der Waals surface area contributed by atoms with Crippen LogP contribution >= 0.6 is 0 Å². The number of hydrogen-bond acceptors (Lipinski definition) is 3. The molecule has 1 aliphatic rings. The Balaban J connectivity index is 2.00. The molecule has 0 aromatic heterocycles. The van der Waals surface area contributed by atoms with Gasteiger partial charge in [0.2, 0.25) is 0 Å².